The maximum absolute atomic E-state index is 12.0. The minimum atomic E-state index is -1.06. The van der Waals surface area contributed by atoms with Gasteiger partial charge >= 0.3 is 12.0 Å². The third-order valence-corrected chi connectivity index (χ3v) is 2.65. The standard InChI is InChI=1S/C10H18N2O5/c1-7-6-17-8(5-13)3-12(7)10(16)11(2)4-9(14)15/h7-8,13H,3-6H2,1-2H3,(H,14,15). The summed E-state index contributed by atoms with van der Waals surface area (Å²) in [5.74, 6) is -1.06. The summed E-state index contributed by atoms with van der Waals surface area (Å²) in [5, 5.41) is 17.6. The Hall–Kier alpha value is -1.34. The molecule has 1 saturated heterocycles. The number of carbonyl (C=O) groups excluding carboxylic acids is 1. The molecule has 0 spiro atoms. The van der Waals surface area contributed by atoms with Crippen molar-refractivity contribution in [1.29, 1.82) is 0 Å². The van der Waals surface area contributed by atoms with E-state index in [0.717, 1.165) is 4.90 Å². The highest BCUT2D eigenvalue weighted by molar-refractivity contribution is 5.80. The molecule has 0 saturated carbocycles. The van der Waals surface area contributed by atoms with Crippen LogP contribution in [-0.2, 0) is 9.53 Å². The summed E-state index contributed by atoms with van der Waals surface area (Å²) in [6, 6.07) is -0.483. The molecule has 17 heavy (non-hydrogen) atoms. The lowest BCUT2D eigenvalue weighted by molar-refractivity contribution is -0.137. The summed E-state index contributed by atoms with van der Waals surface area (Å²) in [4.78, 5) is 25.1. The third-order valence-electron chi connectivity index (χ3n) is 2.65. The summed E-state index contributed by atoms with van der Waals surface area (Å²) in [6.07, 6.45) is -0.395. The lowest BCUT2D eigenvalue weighted by Gasteiger charge is -2.39. The Morgan fingerprint density at radius 2 is 2.18 bits per heavy atom. The number of morpholine rings is 1. The van der Waals surface area contributed by atoms with E-state index in [4.69, 9.17) is 14.9 Å². The average Bonchev–Trinajstić information content (AvgIpc) is 2.28. The van der Waals surface area contributed by atoms with Crippen molar-refractivity contribution in [2.45, 2.75) is 19.1 Å². The van der Waals surface area contributed by atoms with E-state index < -0.39 is 12.1 Å². The van der Waals surface area contributed by atoms with Gasteiger partial charge in [0.1, 0.15) is 6.54 Å². The van der Waals surface area contributed by atoms with Crippen molar-refractivity contribution < 1.29 is 24.5 Å². The predicted octanol–water partition coefficient (Wildman–Crippen LogP) is -0.796. The van der Waals surface area contributed by atoms with Gasteiger partial charge < -0.3 is 24.7 Å². The lowest BCUT2D eigenvalue weighted by atomic mass is 10.2. The van der Waals surface area contributed by atoms with E-state index >= 15 is 0 Å². The number of hydrogen-bond acceptors (Lipinski definition) is 4. The number of carbonyl (C=O) groups is 2. The van der Waals surface area contributed by atoms with Gasteiger partial charge in [0.05, 0.1) is 31.9 Å². The Balaban J connectivity index is 2.62. The minimum Gasteiger partial charge on any atom is -0.480 e. The molecule has 2 unspecified atom stereocenters. The Bertz CT molecular complexity index is 296. The lowest BCUT2D eigenvalue weighted by Crippen LogP contribution is -2.55. The maximum atomic E-state index is 12.0. The zero-order valence-corrected chi connectivity index (χ0v) is 10.00. The van der Waals surface area contributed by atoms with Crippen LogP contribution in [0.3, 0.4) is 0 Å². The van der Waals surface area contributed by atoms with E-state index in [1.54, 1.807) is 0 Å². The molecule has 0 aliphatic carbocycles. The van der Waals surface area contributed by atoms with Crippen molar-refractivity contribution in [1.82, 2.24) is 9.80 Å². The van der Waals surface area contributed by atoms with Crippen molar-refractivity contribution in [3.63, 3.8) is 0 Å². The van der Waals surface area contributed by atoms with Crippen molar-refractivity contribution in [2.75, 3.05) is 33.4 Å². The highest BCUT2D eigenvalue weighted by atomic mass is 16.5. The van der Waals surface area contributed by atoms with Crippen LogP contribution in [0.25, 0.3) is 0 Å². The second-order valence-corrected chi connectivity index (χ2v) is 4.17. The zero-order valence-electron chi connectivity index (χ0n) is 10.00. The fourth-order valence-corrected chi connectivity index (χ4v) is 1.68. The van der Waals surface area contributed by atoms with Crippen LogP contribution in [0.2, 0.25) is 0 Å². The highest BCUT2D eigenvalue weighted by Crippen LogP contribution is 2.13. The van der Waals surface area contributed by atoms with Crippen LogP contribution in [0.1, 0.15) is 6.92 Å². The van der Waals surface area contributed by atoms with E-state index in [-0.39, 0.29) is 31.8 Å². The Morgan fingerprint density at radius 1 is 1.53 bits per heavy atom. The molecule has 1 aliphatic rings. The van der Waals surface area contributed by atoms with Gasteiger partial charge in [0.25, 0.3) is 0 Å². The van der Waals surface area contributed by atoms with Crippen LogP contribution in [0.4, 0.5) is 4.79 Å². The van der Waals surface area contributed by atoms with Crippen LogP contribution in [-0.4, -0.2) is 77.5 Å². The molecule has 2 amide bonds. The fraction of sp³-hybridized carbons (Fsp3) is 0.800. The monoisotopic (exact) mass is 246 g/mol. The Morgan fingerprint density at radius 3 is 2.71 bits per heavy atom. The largest absolute Gasteiger partial charge is 0.480 e. The smallest absolute Gasteiger partial charge is 0.323 e. The first-order valence-corrected chi connectivity index (χ1v) is 5.41. The fourth-order valence-electron chi connectivity index (χ4n) is 1.68. The number of urea groups is 1. The summed E-state index contributed by atoms with van der Waals surface area (Å²) >= 11 is 0. The zero-order chi connectivity index (χ0) is 13.0. The summed E-state index contributed by atoms with van der Waals surface area (Å²) in [6.45, 7) is 1.95. The molecular weight excluding hydrogens is 228 g/mol. The third kappa shape index (κ3) is 3.57. The number of aliphatic carboxylic acids is 1. The highest BCUT2D eigenvalue weighted by Gasteiger charge is 2.31. The molecule has 98 valence electrons. The van der Waals surface area contributed by atoms with E-state index in [9.17, 15) is 9.59 Å². The molecular formula is C10H18N2O5. The quantitative estimate of drug-likeness (QED) is 0.680. The van der Waals surface area contributed by atoms with E-state index in [1.165, 1.54) is 11.9 Å². The molecule has 2 N–H and O–H groups in total. The van der Waals surface area contributed by atoms with Gasteiger partial charge in [-0.2, -0.15) is 0 Å². The van der Waals surface area contributed by atoms with Crippen molar-refractivity contribution in [3.8, 4) is 0 Å². The molecule has 0 radical (unpaired) electrons. The maximum Gasteiger partial charge on any atom is 0.323 e. The molecule has 1 aliphatic heterocycles. The second kappa shape index (κ2) is 5.83. The molecule has 0 bridgehead atoms. The van der Waals surface area contributed by atoms with Crippen molar-refractivity contribution in [2.24, 2.45) is 0 Å². The van der Waals surface area contributed by atoms with Gasteiger partial charge in [0.15, 0.2) is 0 Å². The number of rotatable bonds is 3. The average molecular weight is 246 g/mol. The number of aliphatic hydroxyl groups is 1. The predicted molar refractivity (Wildman–Crippen MR) is 58.7 cm³/mol. The number of carboxylic acid groups (broad SMARTS) is 1. The van der Waals surface area contributed by atoms with Gasteiger partial charge in [-0.05, 0) is 6.92 Å². The first-order valence-electron chi connectivity index (χ1n) is 5.41. The Kier molecular flexibility index (Phi) is 4.71. The van der Waals surface area contributed by atoms with Crippen LogP contribution in [0, 0.1) is 0 Å². The molecule has 0 aromatic rings. The van der Waals surface area contributed by atoms with Gasteiger partial charge in [0.2, 0.25) is 0 Å². The van der Waals surface area contributed by atoms with Crippen LogP contribution in [0.5, 0.6) is 0 Å². The first-order chi connectivity index (χ1) is 7.95. The Labute approximate surface area is 99.6 Å². The van der Waals surface area contributed by atoms with E-state index in [0.29, 0.717) is 6.61 Å². The van der Waals surface area contributed by atoms with Crippen LogP contribution >= 0.6 is 0 Å². The number of likely N-dealkylation sites (N-methyl/N-ethyl adjacent to an activating group) is 1. The van der Waals surface area contributed by atoms with E-state index in [2.05, 4.69) is 0 Å². The molecule has 7 nitrogen and oxygen atoms in total. The van der Waals surface area contributed by atoms with Crippen LogP contribution in [0.15, 0.2) is 0 Å². The molecule has 0 aromatic heterocycles. The number of amides is 2. The van der Waals surface area contributed by atoms with Crippen LogP contribution < -0.4 is 0 Å². The van der Waals surface area contributed by atoms with Gasteiger partial charge in [-0.25, -0.2) is 4.79 Å². The molecule has 0 aromatic carbocycles. The number of nitrogens with zero attached hydrogens (tertiary/aromatic N) is 2. The van der Waals surface area contributed by atoms with Gasteiger partial charge in [0, 0.05) is 7.05 Å². The minimum absolute atomic E-state index is 0.124. The molecule has 1 heterocycles. The van der Waals surface area contributed by atoms with E-state index in [1.807, 2.05) is 6.92 Å². The number of carboxylic acids is 1. The SMILES string of the molecule is CC1COC(CO)CN1C(=O)N(C)CC(=O)O. The molecule has 1 fully saturated rings. The summed E-state index contributed by atoms with van der Waals surface area (Å²) < 4.78 is 5.30. The molecule has 1 rings (SSSR count). The molecule has 2 atom stereocenters. The molecule has 7 heteroatoms. The topological polar surface area (TPSA) is 90.3 Å². The normalized spacial score (nSPS) is 24.5. The number of aliphatic hydroxyl groups excluding tert-OH is 1. The van der Waals surface area contributed by atoms with Gasteiger partial charge in [-0.1, -0.05) is 0 Å². The second-order valence-electron chi connectivity index (χ2n) is 4.17. The van der Waals surface area contributed by atoms with Crippen molar-refractivity contribution in [3.05, 3.63) is 0 Å². The summed E-state index contributed by atoms with van der Waals surface area (Å²) in [5.41, 5.74) is 0. The van der Waals surface area contributed by atoms with Crippen molar-refractivity contribution >= 4 is 12.0 Å². The first kappa shape index (κ1) is 13.7. The van der Waals surface area contributed by atoms with Gasteiger partial charge in [-0.3, -0.25) is 4.79 Å². The number of ether oxygens (including phenoxy) is 1. The van der Waals surface area contributed by atoms with Gasteiger partial charge in [-0.15, -0.1) is 0 Å². The number of hydrogen-bond donors (Lipinski definition) is 2. The summed E-state index contributed by atoms with van der Waals surface area (Å²) in [7, 11) is 1.44.